The minimum Gasteiger partial charge on any atom is -0.379 e. The summed E-state index contributed by atoms with van der Waals surface area (Å²) in [4.78, 5) is 21.2. The van der Waals surface area contributed by atoms with Crippen LogP contribution in [0.25, 0.3) is 0 Å². The zero-order valence-corrected chi connectivity index (χ0v) is 16.7. The number of amides is 1. The highest BCUT2D eigenvalue weighted by atomic mass is 35.5. The molecule has 0 aromatic carbocycles. The van der Waals surface area contributed by atoms with Gasteiger partial charge < -0.3 is 9.64 Å². The molecular weight excluding hydrogens is 393 g/mol. The largest absolute Gasteiger partial charge is 0.379 e. The number of thiophene rings is 1. The maximum atomic E-state index is 13.0. The molecule has 0 saturated carbocycles. The number of carbonyl (C=O) groups excluding carboxylic acids is 1. The van der Waals surface area contributed by atoms with Gasteiger partial charge in [0.1, 0.15) is 4.34 Å². The van der Waals surface area contributed by atoms with Gasteiger partial charge in [0.05, 0.1) is 23.1 Å². The summed E-state index contributed by atoms with van der Waals surface area (Å²) in [6, 6.07) is 5.49. The average molecular weight is 414 g/mol. The van der Waals surface area contributed by atoms with E-state index in [-0.39, 0.29) is 5.91 Å². The third kappa shape index (κ3) is 5.41. The first kappa shape index (κ1) is 19.6. The standard InChI is InChI=1S/C18H21Cl2N3O2S/c19-16-12-15(17(20)26-16)18(24)23(13-14-2-4-21-5-3-14)7-1-6-22-8-10-25-11-9-22/h2-5,12H,1,6-11,13H2. The normalized spacial score (nSPS) is 15.2. The second-order valence-electron chi connectivity index (χ2n) is 6.13. The topological polar surface area (TPSA) is 45.7 Å². The first-order chi connectivity index (χ1) is 12.6. The number of halogens is 2. The summed E-state index contributed by atoms with van der Waals surface area (Å²) in [6.07, 6.45) is 4.37. The van der Waals surface area contributed by atoms with E-state index < -0.39 is 0 Å². The van der Waals surface area contributed by atoms with E-state index >= 15 is 0 Å². The molecule has 3 rings (SSSR count). The van der Waals surface area contributed by atoms with Gasteiger partial charge in [0.15, 0.2) is 0 Å². The minimum absolute atomic E-state index is 0.0862. The van der Waals surface area contributed by atoms with Crippen LogP contribution in [0.15, 0.2) is 30.6 Å². The Morgan fingerprint density at radius 2 is 2.00 bits per heavy atom. The zero-order chi connectivity index (χ0) is 18.4. The molecule has 1 amide bonds. The molecule has 0 spiro atoms. The summed E-state index contributed by atoms with van der Waals surface area (Å²) in [7, 11) is 0. The van der Waals surface area contributed by atoms with Crippen molar-refractivity contribution >= 4 is 40.4 Å². The van der Waals surface area contributed by atoms with Crippen molar-refractivity contribution in [2.45, 2.75) is 13.0 Å². The van der Waals surface area contributed by atoms with E-state index in [2.05, 4.69) is 9.88 Å². The van der Waals surface area contributed by atoms with Crippen molar-refractivity contribution in [3.8, 4) is 0 Å². The number of aromatic nitrogens is 1. The SMILES string of the molecule is O=C(c1cc(Cl)sc1Cl)N(CCCN1CCOCC1)Cc1ccncc1. The summed E-state index contributed by atoms with van der Waals surface area (Å²) in [5, 5.41) is 0. The number of morpholine rings is 1. The smallest absolute Gasteiger partial charge is 0.256 e. The van der Waals surface area contributed by atoms with Crippen LogP contribution in [0, 0.1) is 0 Å². The second kappa shape index (κ2) is 9.67. The van der Waals surface area contributed by atoms with Gasteiger partial charge >= 0.3 is 0 Å². The molecule has 0 bridgehead atoms. The predicted molar refractivity (Wildman–Crippen MR) is 105 cm³/mol. The molecular formula is C18H21Cl2N3O2S. The molecule has 1 saturated heterocycles. The van der Waals surface area contributed by atoms with Gasteiger partial charge in [-0.3, -0.25) is 14.7 Å². The zero-order valence-electron chi connectivity index (χ0n) is 14.4. The van der Waals surface area contributed by atoms with Gasteiger partial charge in [-0.25, -0.2) is 0 Å². The van der Waals surface area contributed by atoms with Crippen LogP contribution >= 0.6 is 34.5 Å². The molecule has 5 nitrogen and oxygen atoms in total. The molecule has 1 fully saturated rings. The molecule has 2 aromatic heterocycles. The van der Waals surface area contributed by atoms with Crippen molar-refractivity contribution in [1.82, 2.24) is 14.8 Å². The second-order valence-corrected chi connectivity index (χ2v) is 8.41. The van der Waals surface area contributed by atoms with Crippen LogP contribution in [-0.4, -0.2) is 60.1 Å². The third-order valence-corrected chi connectivity index (χ3v) is 5.79. The van der Waals surface area contributed by atoms with E-state index in [1.807, 2.05) is 17.0 Å². The van der Waals surface area contributed by atoms with Gasteiger partial charge in [-0.2, -0.15) is 0 Å². The first-order valence-electron chi connectivity index (χ1n) is 8.56. The van der Waals surface area contributed by atoms with Crippen LogP contribution in [0.1, 0.15) is 22.3 Å². The van der Waals surface area contributed by atoms with E-state index in [0.29, 0.717) is 27.3 Å². The van der Waals surface area contributed by atoms with E-state index in [9.17, 15) is 4.79 Å². The van der Waals surface area contributed by atoms with Gasteiger partial charge in [0.2, 0.25) is 0 Å². The summed E-state index contributed by atoms with van der Waals surface area (Å²) >= 11 is 13.4. The molecule has 140 valence electrons. The lowest BCUT2D eigenvalue weighted by Gasteiger charge is -2.28. The lowest BCUT2D eigenvalue weighted by molar-refractivity contribution is 0.0355. The number of nitrogens with zero attached hydrogens (tertiary/aromatic N) is 3. The number of pyridine rings is 1. The molecule has 0 radical (unpaired) electrons. The van der Waals surface area contributed by atoms with E-state index in [1.54, 1.807) is 18.5 Å². The fraction of sp³-hybridized carbons (Fsp3) is 0.444. The maximum absolute atomic E-state index is 13.0. The number of ether oxygens (including phenoxy) is 1. The summed E-state index contributed by atoms with van der Waals surface area (Å²) in [5.74, 6) is -0.0862. The molecule has 1 aliphatic rings. The number of hydrogen-bond donors (Lipinski definition) is 0. The molecule has 26 heavy (non-hydrogen) atoms. The van der Waals surface area contributed by atoms with Gasteiger partial charge in [-0.1, -0.05) is 23.2 Å². The van der Waals surface area contributed by atoms with Crippen LogP contribution in [0.2, 0.25) is 8.67 Å². The van der Waals surface area contributed by atoms with Crippen molar-refractivity contribution in [2.24, 2.45) is 0 Å². The lowest BCUT2D eigenvalue weighted by Crippen LogP contribution is -2.39. The Labute approximate surface area is 167 Å². The Balaban J connectivity index is 1.66. The van der Waals surface area contributed by atoms with Crippen LogP contribution in [0.3, 0.4) is 0 Å². The van der Waals surface area contributed by atoms with Gasteiger partial charge in [0, 0.05) is 45.1 Å². The fourth-order valence-corrected chi connectivity index (χ4v) is 4.38. The molecule has 1 aliphatic heterocycles. The van der Waals surface area contributed by atoms with Crippen molar-refractivity contribution in [3.05, 3.63) is 50.4 Å². The molecule has 8 heteroatoms. The third-order valence-electron chi connectivity index (χ3n) is 4.30. The summed E-state index contributed by atoms with van der Waals surface area (Å²) < 4.78 is 6.34. The summed E-state index contributed by atoms with van der Waals surface area (Å²) in [5.41, 5.74) is 1.51. The van der Waals surface area contributed by atoms with E-state index in [0.717, 1.165) is 44.8 Å². The van der Waals surface area contributed by atoms with Crippen molar-refractivity contribution < 1.29 is 9.53 Å². The van der Waals surface area contributed by atoms with Gasteiger partial charge in [0.25, 0.3) is 5.91 Å². The van der Waals surface area contributed by atoms with Crippen LogP contribution in [0.4, 0.5) is 0 Å². The first-order valence-corrected chi connectivity index (χ1v) is 10.1. The van der Waals surface area contributed by atoms with Crippen molar-refractivity contribution in [1.29, 1.82) is 0 Å². The Kier molecular flexibility index (Phi) is 7.28. The Bertz CT molecular complexity index is 720. The lowest BCUT2D eigenvalue weighted by atomic mass is 10.2. The van der Waals surface area contributed by atoms with Crippen LogP contribution in [0.5, 0.6) is 0 Å². The number of hydrogen-bond acceptors (Lipinski definition) is 5. The average Bonchev–Trinajstić information content (AvgIpc) is 3.00. The van der Waals surface area contributed by atoms with Gasteiger partial charge in [-0.15, -0.1) is 11.3 Å². The van der Waals surface area contributed by atoms with Crippen LogP contribution < -0.4 is 0 Å². The number of rotatable bonds is 7. The maximum Gasteiger partial charge on any atom is 0.256 e. The number of carbonyl (C=O) groups is 1. The fourth-order valence-electron chi connectivity index (χ4n) is 2.93. The van der Waals surface area contributed by atoms with Crippen molar-refractivity contribution in [3.63, 3.8) is 0 Å². The highest BCUT2D eigenvalue weighted by Gasteiger charge is 2.21. The highest BCUT2D eigenvalue weighted by molar-refractivity contribution is 7.20. The van der Waals surface area contributed by atoms with E-state index in [4.69, 9.17) is 27.9 Å². The van der Waals surface area contributed by atoms with E-state index in [1.165, 1.54) is 11.3 Å². The minimum atomic E-state index is -0.0862. The molecule has 2 aromatic rings. The Hall–Kier alpha value is -1.18. The predicted octanol–water partition coefficient (Wildman–Crippen LogP) is 3.81. The molecule has 0 aliphatic carbocycles. The highest BCUT2D eigenvalue weighted by Crippen LogP contribution is 2.32. The molecule has 3 heterocycles. The quantitative estimate of drug-likeness (QED) is 0.691. The molecule has 0 N–H and O–H groups in total. The Morgan fingerprint density at radius 1 is 1.27 bits per heavy atom. The van der Waals surface area contributed by atoms with Gasteiger partial charge in [-0.05, 0) is 30.2 Å². The van der Waals surface area contributed by atoms with Crippen LogP contribution in [-0.2, 0) is 11.3 Å². The van der Waals surface area contributed by atoms with Crippen molar-refractivity contribution in [2.75, 3.05) is 39.4 Å². The molecule has 0 atom stereocenters. The Morgan fingerprint density at radius 3 is 2.65 bits per heavy atom. The summed E-state index contributed by atoms with van der Waals surface area (Å²) in [6.45, 7) is 5.58. The monoisotopic (exact) mass is 413 g/mol. The molecule has 0 unspecified atom stereocenters.